The van der Waals surface area contributed by atoms with E-state index >= 15 is 0 Å². The second-order valence-corrected chi connectivity index (χ2v) is 7.95. The maximum Gasteiger partial charge on any atom is 0.250 e. The zero-order chi connectivity index (χ0) is 24.0. The predicted octanol–water partition coefficient (Wildman–Crippen LogP) is 3.68. The Labute approximate surface area is 194 Å². The fourth-order valence-corrected chi connectivity index (χ4v) is 3.49. The molecule has 0 atom stereocenters. The van der Waals surface area contributed by atoms with Crippen molar-refractivity contribution in [2.75, 3.05) is 26.5 Å². The largest absolute Gasteiger partial charge is 0.494 e. The van der Waals surface area contributed by atoms with Crippen LogP contribution in [0.25, 0.3) is 5.57 Å². The van der Waals surface area contributed by atoms with Gasteiger partial charge in [-0.2, -0.15) is 4.99 Å². The molecule has 2 aliphatic carbocycles. The molecule has 0 aromatic heterocycles. The van der Waals surface area contributed by atoms with E-state index in [4.69, 9.17) is 15.9 Å². The van der Waals surface area contributed by atoms with Crippen molar-refractivity contribution >= 4 is 34.9 Å². The van der Waals surface area contributed by atoms with Gasteiger partial charge in [-0.1, -0.05) is 18.2 Å². The van der Waals surface area contributed by atoms with Gasteiger partial charge in [0, 0.05) is 37.9 Å². The summed E-state index contributed by atoms with van der Waals surface area (Å²) in [5.74, 6) is 0.447. The molecule has 174 valence electrons. The van der Waals surface area contributed by atoms with E-state index in [0.29, 0.717) is 17.1 Å². The molecule has 0 spiro atoms. The molecule has 8 nitrogen and oxygen atoms in total. The van der Waals surface area contributed by atoms with Crippen molar-refractivity contribution in [3.8, 4) is 5.75 Å². The van der Waals surface area contributed by atoms with Gasteiger partial charge in [-0.15, -0.1) is 0 Å². The summed E-state index contributed by atoms with van der Waals surface area (Å²) in [6.45, 7) is 1.94. The third kappa shape index (κ3) is 5.97. The van der Waals surface area contributed by atoms with Gasteiger partial charge in [-0.3, -0.25) is 15.2 Å². The van der Waals surface area contributed by atoms with Crippen LogP contribution in [0.1, 0.15) is 38.2 Å². The Bertz CT molecular complexity index is 1080. The highest BCUT2D eigenvalue weighted by molar-refractivity contribution is 6.17. The lowest BCUT2D eigenvalue weighted by Gasteiger charge is -2.19. The minimum Gasteiger partial charge on any atom is -0.494 e. The smallest absolute Gasteiger partial charge is 0.250 e. The topological polar surface area (TPSA) is 125 Å². The average Bonchev–Trinajstić information content (AvgIpc) is 3.70. The third-order valence-electron chi connectivity index (χ3n) is 5.46. The molecule has 1 amide bonds. The van der Waals surface area contributed by atoms with E-state index in [1.165, 1.54) is 5.57 Å². The number of aliphatic imine (C=N–C) groups is 2. The summed E-state index contributed by atoms with van der Waals surface area (Å²) in [7, 11) is 5.12. The van der Waals surface area contributed by atoms with E-state index < -0.39 is 0 Å². The lowest BCUT2D eigenvalue weighted by molar-refractivity contribution is -0.118. The van der Waals surface area contributed by atoms with Gasteiger partial charge >= 0.3 is 0 Å². The molecule has 0 radical (unpaired) electrons. The standard InChI is InChI=1S/C25H32N6O2/c1-5-15(14-28-2)18-7-6-8-19(24(18)33-4)30-20(22(27)23(29-3)16-9-10-16)13-21(26)31-25(32)17-11-12-17/h5-8,13-14,17,27,29-30H,9-12H2,1-4H3,(H2,26,31,32)/b15-5+,20-13+,27-22?,28-14?. The van der Waals surface area contributed by atoms with Crippen molar-refractivity contribution < 1.29 is 9.53 Å². The summed E-state index contributed by atoms with van der Waals surface area (Å²) >= 11 is 0. The fourth-order valence-electron chi connectivity index (χ4n) is 3.49. The van der Waals surface area contributed by atoms with Gasteiger partial charge < -0.3 is 21.1 Å². The number of ether oxygens (including phenoxy) is 1. The minimum absolute atomic E-state index is 0.0227. The lowest BCUT2D eigenvalue weighted by Crippen LogP contribution is -2.24. The van der Waals surface area contributed by atoms with Gasteiger partial charge in [0.05, 0.1) is 24.2 Å². The van der Waals surface area contributed by atoms with Crippen molar-refractivity contribution in [3.05, 3.63) is 52.9 Å². The summed E-state index contributed by atoms with van der Waals surface area (Å²) in [6.07, 6.45) is 8.89. The molecule has 33 heavy (non-hydrogen) atoms. The molecular weight excluding hydrogens is 416 g/mol. The normalized spacial score (nSPS) is 16.6. The number of amides is 1. The summed E-state index contributed by atoms with van der Waals surface area (Å²) < 4.78 is 5.74. The van der Waals surface area contributed by atoms with Gasteiger partial charge in [0.2, 0.25) is 0 Å². The Morgan fingerprint density at radius 2 is 2.03 bits per heavy atom. The highest BCUT2D eigenvalue weighted by atomic mass is 16.5. The number of hydrogen-bond donors (Lipinski definition) is 4. The number of methoxy groups -OCH3 is 1. The molecule has 3 rings (SSSR count). The first-order valence-corrected chi connectivity index (χ1v) is 11.0. The van der Waals surface area contributed by atoms with Crippen LogP contribution in [0.4, 0.5) is 5.69 Å². The second kappa shape index (κ2) is 10.8. The van der Waals surface area contributed by atoms with E-state index in [2.05, 4.69) is 20.6 Å². The number of nitrogens with two attached hydrogens (primary N) is 1. The maximum atomic E-state index is 12.1. The average molecular weight is 449 g/mol. The summed E-state index contributed by atoms with van der Waals surface area (Å²) in [4.78, 5) is 20.3. The number of nitrogens with zero attached hydrogens (tertiary/aromatic N) is 2. The molecule has 0 bridgehead atoms. The van der Waals surface area contributed by atoms with Crippen LogP contribution >= 0.6 is 0 Å². The highest BCUT2D eigenvalue weighted by Crippen LogP contribution is 2.35. The lowest BCUT2D eigenvalue weighted by atomic mass is 10.0. The number of carbonyl (C=O) groups excluding carboxylic acids is 1. The fraction of sp³-hybridized carbons (Fsp3) is 0.360. The zero-order valence-corrected chi connectivity index (χ0v) is 19.7. The van der Waals surface area contributed by atoms with E-state index in [-0.39, 0.29) is 23.4 Å². The Balaban J connectivity index is 2.03. The first-order valence-electron chi connectivity index (χ1n) is 11.0. The Morgan fingerprint density at radius 1 is 1.30 bits per heavy atom. The van der Waals surface area contributed by atoms with Crippen LogP contribution in [-0.2, 0) is 4.79 Å². The molecule has 2 saturated carbocycles. The van der Waals surface area contributed by atoms with Crippen LogP contribution in [0.3, 0.4) is 0 Å². The van der Waals surface area contributed by atoms with E-state index in [9.17, 15) is 4.79 Å². The Hall–Kier alpha value is -3.68. The van der Waals surface area contributed by atoms with Gasteiger partial charge in [-0.25, -0.2) is 0 Å². The number of amidine groups is 1. The van der Waals surface area contributed by atoms with Crippen LogP contribution in [0, 0.1) is 11.3 Å². The predicted molar refractivity (Wildman–Crippen MR) is 135 cm³/mol. The van der Waals surface area contributed by atoms with Crippen molar-refractivity contribution in [1.29, 1.82) is 5.41 Å². The van der Waals surface area contributed by atoms with Crippen molar-refractivity contribution in [2.24, 2.45) is 21.6 Å². The van der Waals surface area contributed by atoms with Crippen molar-refractivity contribution in [1.82, 2.24) is 5.32 Å². The Morgan fingerprint density at radius 3 is 2.58 bits per heavy atom. The number of nitrogens with one attached hydrogen (secondary N) is 3. The Kier molecular flexibility index (Phi) is 7.82. The number of benzene rings is 1. The highest BCUT2D eigenvalue weighted by Gasteiger charge is 2.29. The SMILES string of the molecule is C/C=C(\C=NC)c1cccc(N/C(=C/C(N)=NC(=O)C2CC2)C(=N)C(NC)=C2CC2)c1OC. The molecular formula is C25H32N6O2. The van der Waals surface area contributed by atoms with E-state index in [1.54, 1.807) is 33.5 Å². The summed E-state index contributed by atoms with van der Waals surface area (Å²) in [6, 6.07) is 5.72. The van der Waals surface area contributed by atoms with Gasteiger partial charge in [0.15, 0.2) is 0 Å². The molecule has 2 aliphatic rings. The molecule has 0 saturated heterocycles. The van der Waals surface area contributed by atoms with E-state index in [0.717, 1.165) is 42.5 Å². The molecule has 1 aromatic rings. The number of allylic oxidation sites excluding steroid dienone is 3. The van der Waals surface area contributed by atoms with Gasteiger partial charge in [-0.05, 0) is 49.8 Å². The molecule has 0 unspecified atom stereocenters. The minimum atomic E-state index is -0.208. The summed E-state index contributed by atoms with van der Waals surface area (Å²) in [5, 5.41) is 15.3. The summed E-state index contributed by atoms with van der Waals surface area (Å²) in [5.41, 5.74) is 11.1. The van der Waals surface area contributed by atoms with Crippen LogP contribution in [0.15, 0.2) is 57.3 Å². The van der Waals surface area contributed by atoms with Crippen LogP contribution < -0.4 is 21.1 Å². The zero-order valence-electron chi connectivity index (χ0n) is 19.7. The first kappa shape index (κ1) is 24.0. The maximum absolute atomic E-state index is 12.1. The molecule has 8 heteroatoms. The van der Waals surface area contributed by atoms with Gasteiger partial charge in [0.25, 0.3) is 5.91 Å². The number of rotatable bonds is 10. The number of hydrogen-bond acceptors (Lipinski definition) is 6. The van der Waals surface area contributed by atoms with E-state index in [1.807, 2.05) is 31.2 Å². The van der Waals surface area contributed by atoms with Crippen molar-refractivity contribution in [2.45, 2.75) is 32.6 Å². The van der Waals surface area contributed by atoms with Crippen LogP contribution in [-0.4, -0.2) is 44.9 Å². The molecule has 1 aromatic carbocycles. The van der Waals surface area contributed by atoms with Crippen LogP contribution in [0.2, 0.25) is 0 Å². The monoisotopic (exact) mass is 448 g/mol. The number of carbonyl (C=O) groups is 1. The van der Waals surface area contributed by atoms with Crippen LogP contribution in [0.5, 0.6) is 5.75 Å². The first-order chi connectivity index (χ1) is 15.9. The molecule has 5 N–H and O–H groups in total. The number of para-hydroxylation sites is 1. The molecule has 2 fully saturated rings. The second-order valence-electron chi connectivity index (χ2n) is 7.95. The third-order valence-corrected chi connectivity index (χ3v) is 5.46. The van der Waals surface area contributed by atoms with Crippen molar-refractivity contribution in [3.63, 3.8) is 0 Å². The number of anilines is 1. The van der Waals surface area contributed by atoms with Gasteiger partial charge in [0.1, 0.15) is 17.3 Å². The quantitative estimate of drug-likeness (QED) is 0.321. The molecule has 0 aliphatic heterocycles. The molecule has 0 heterocycles.